The highest BCUT2D eigenvalue weighted by molar-refractivity contribution is 5.31. The van der Waals surface area contributed by atoms with E-state index in [9.17, 15) is 30.6 Å². The Kier molecular flexibility index (Phi) is 7.21. The van der Waals surface area contributed by atoms with Crippen molar-refractivity contribution in [1.29, 1.82) is 0 Å². The van der Waals surface area contributed by atoms with E-state index in [1.807, 2.05) is 19.9 Å². The smallest absolute Gasteiger partial charge is 0.187 e. The molecule has 0 spiro atoms. The molecule has 9 unspecified atom stereocenters. The standard InChI is InChI=1S/C19H32O8/c1-9(26-18-17(25)16(24)15(23)13(8-20)27-18)5-6-19(4)7-12(21)14(22)10(2)11(19)3/h5-6,9,12-18,20-25H,7-8H2,1-4H3. The van der Waals surface area contributed by atoms with Crippen molar-refractivity contribution in [2.75, 3.05) is 6.61 Å². The van der Waals surface area contributed by atoms with Crippen LogP contribution in [0.25, 0.3) is 0 Å². The van der Waals surface area contributed by atoms with E-state index in [2.05, 4.69) is 0 Å². The highest BCUT2D eigenvalue weighted by atomic mass is 16.7. The van der Waals surface area contributed by atoms with E-state index in [-0.39, 0.29) is 0 Å². The van der Waals surface area contributed by atoms with Crippen molar-refractivity contribution in [3.05, 3.63) is 23.3 Å². The number of ether oxygens (including phenoxy) is 2. The number of hydrogen-bond donors (Lipinski definition) is 6. The van der Waals surface area contributed by atoms with Crippen molar-refractivity contribution >= 4 is 0 Å². The average Bonchev–Trinajstić information content (AvgIpc) is 2.63. The van der Waals surface area contributed by atoms with Crippen LogP contribution in [0.3, 0.4) is 0 Å². The van der Waals surface area contributed by atoms with E-state index in [1.165, 1.54) is 0 Å². The van der Waals surface area contributed by atoms with Gasteiger partial charge in [0.05, 0.1) is 18.8 Å². The van der Waals surface area contributed by atoms with Gasteiger partial charge in [0.25, 0.3) is 0 Å². The first-order chi connectivity index (χ1) is 12.5. The number of allylic oxidation sites excluding steroid dienone is 2. The molecule has 0 aromatic carbocycles. The first-order valence-corrected chi connectivity index (χ1v) is 9.21. The largest absolute Gasteiger partial charge is 0.394 e. The molecule has 0 aromatic rings. The van der Waals surface area contributed by atoms with Crippen LogP contribution in [0, 0.1) is 5.41 Å². The zero-order valence-electron chi connectivity index (χ0n) is 16.2. The Morgan fingerprint density at radius 1 is 1.15 bits per heavy atom. The molecule has 8 heteroatoms. The highest BCUT2D eigenvalue weighted by Crippen LogP contribution is 2.41. The zero-order valence-corrected chi connectivity index (χ0v) is 16.2. The molecule has 156 valence electrons. The maximum absolute atomic E-state index is 10.1. The summed E-state index contributed by atoms with van der Waals surface area (Å²) in [4.78, 5) is 0. The molecule has 0 aromatic heterocycles. The van der Waals surface area contributed by atoms with Crippen molar-refractivity contribution in [3.8, 4) is 0 Å². The minimum Gasteiger partial charge on any atom is -0.394 e. The lowest BCUT2D eigenvalue weighted by Gasteiger charge is -2.41. The van der Waals surface area contributed by atoms with Crippen LogP contribution in [0.5, 0.6) is 0 Å². The Morgan fingerprint density at radius 2 is 1.78 bits per heavy atom. The summed E-state index contributed by atoms with van der Waals surface area (Å²) < 4.78 is 11.0. The second kappa shape index (κ2) is 8.67. The number of hydrogen-bond acceptors (Lipinski definition) is 8. The van der Waals surface area contributed by atoms with Gasteiger partial charge in [-0.2, -0.15) is 0 Å². The van der Waals surface area contributed by atoms with Crippen LogP contribution in [-0.4, -0.2) is 86.3 Å². The minimum absolute atomic E-state index is 0.362. The molecule has 1 heterocycles. The van der Waals surface area contributed by atoms with Crippen LogP contribution < -0.4 is 0 Å². The third-order valence-corrected chi connectivity index (χ3v) is 5.82. The van der Waals surface area contributed by atoms with E-state index >= 15 is 0 Å². The fourth-order valence-electron chi connectivity index (χ4n) is 3.64. The van der Waals surface area contributed by atoms with Crippen LogP contribution in [0.2, 0.25) is 0 Å². The van der Waals surface area contributed by atoms with Crippen molar-refractivity contribution < 1.29 is 40.1 Å². The van der Waals surface area contributed by atoms with Crippen LogP contribution >= 0.6 is 0 Å². The molecule has 27 heavy (non-hydrogen) atoms. The Hall–Kier alpha value is -0.840. The predicted octanol–water partition coefficient (Wildman–Crippen LogP) is -0.784. The summed E-state index contributed by atoms with van der Waals surface area (Å²) in [6, 6.07) is 0. The van der Waals surface area contributed by atoms with Crippen LogP contribution in [0.4, 0.5) is 0 Å². The third kappa shape index (κ3) is 4.60. The Balaban J connectivity index is 2.07. The van der Waals surface area contributed by atoms with Crippen molar-refractivity contribution in [3.63, 3.8) is 0 Å². The minimum atomic E-state index is -1.49. The molecule has 6 N–H and O–H groups in total. The van der Waals surface area contributed by atoms with Gasteiger partial charge in [0.1, 0.15) is 30.5 Å². The lowest BCUT2D eigenvalue weighted by Crippen LogP contribution is -2.59. The lowest BCUT2D eigenvalue weighted by molar-refractivity contribution is -0.306. The second-order valence-electron chi connectivity index (χ2n) is 7.84. The van der Waals surface area contributed by atoms with Crippen molar-refractivity contribution in [1.82, 2.24) is 0 Å². The zero-order chi connectivity index (χ0) is 20.5. The maximum Gasteiger partial charge on any atom is 0.187 e. The van der Waals surface area contributed by atoms with Crippen LogP contribution in [0.15, 0.2) is 23.3 Å². The fraction of sp³-hybridized carbons (Fsp3) is 0.789. The monoisotopic (exact) mass is 388 g/mol. The molecule has 0 radical (unpaired) electrons. The highest BCUT2D eigenvalue weighted by Gasteiger charge is 2.44. The lowest BCUT2D eigenvalue weighted by atomic mass is 9.69. The molecule has 1 fully saturated rings. The number of aliphatic hydroxyl groups is 6. The molecule has 8 nitrogen and oxygen atoms in total. The van der Waals surface area contributed by atoms with Gasteiger partial charge in [-0.3, -0.25) is 0 Å². The van der Waals surface area contributed by atoms with Gasteiger partial charge in [-0.15, -0.1) is 0 Å². The summed E-state index contributed by atoms with van der Waals surface area (Å²) in [5.41, 5.74) is 1.25. The molecule has 2 rings (SSSR count). The molecule has 1 aliphatic heterocycles. The topological polar surface area (TPSA) is 140 Å². The molecule has 2 aliphatic rings. The average molecular weight is 388 g/mol. The SMILES string of the molecule is CC1=C(C)C(C)(C=CC(C)OC2OC(CO)C(O)C(O)C2O)CC(O)C1O. The van der Waals surface area contributed by atoms with Gasteiger partial charge in [0, 0.05) is 5.41 Å². The van der Waals surface area contributed by atoms with Gasteiger partial charge in [-0.05, 0) is 32.8 Å². The quantitative estimate of drug-likeness (QED) is 0.337. The van der Waals surface area contributed by atoms with Gasteiger partial charge < -0.3 is 40.1 Å². The van der Waals surface area contributed by atoms with Crippen molar-refractivity contribution in [2.45, 2.75) is 83.1 Å². The van der Waals surface area contributed by atoms with E-state index in [4.69, 9.17) is 9.47 Å². The van der Waals surface area contributed by atoms with Gasteiger partial charge >= 0.3 is 0 Å². The first-order valence-electron chi connectivity index (χ1n) is 9.21. The Bertz CT molecular complexity index is 574. The summed E-state index contributed by atoms with van der Waals surface area (Å²) in [7, 11) is 0. The summed E-state index contributed by atoms with van der Waals surface area (Å²) in [5, 5.41) is 59.0. The number of rotatable bonds is 5. The molecule has 0 bridgehead atoms. The number of aliphatic hydroxyl groups excluding tert-OH is 6. The third-order valence-electron chi connectivity index (χ3n) is 5.82. The summed E-state index contributed by atoms with van der Waals surface area (Å²) in [6.45, 7) is 6.87. The molecule has 0 saturated carbocycles. The maximum atomic E-state index is 10.1. The van der Waals surface area contributed by atoms with Crippen LogP contribution in [0.1, 0.15) is 34.1 Å². The van der Waals surface area contributed by atoms with Gasteiger partial charge in [-0.1, -0.05) is 24.6 Å². The summed E-state index contributed by atoms with van der Waals surface area (Å²) in [6.07, 6.45) is -4.84. The predicted molar refractivity (Wildman–Crippen MR) is 96.6 cm³/mol. The Morgan fingerprint density at radius 3 is 2.37 bits per heavy atom. The fourth-order valence-corrected chi connectivity index (χ4v) is 3.64. The summed E-state index contributed by atoms with van der Waals surface area (Å²) >= 11 is 0. The summed E-state index contributed by atoms with van der Waals surface area (Å²) in [5.74, 6) is 0. The Labute approximate surface area is 159 Å². The second-order valence-corrected chi connectivity index (χ2v) is 7.84. The van der Waals surface area contributed by atoms with Gasteiger partial charge in [0.2, 0.25) is 0 Å². The molecular formula is C19H32O8. The molecule has 0 amide bonds. The van der Waals surface area contributed by atoms with Crippen molar-refractivity contribution in [2.24, 2.45) is 5.41 Å². The normalized spacial score (nSPS) is 44.7. The van der Waals surface area contributed by atoms with Gasteiger partial charge in [-0.25, -0.2) is 0 Å². The van der Waals surface area contributed by atoms with E-state index < -0.39 is 61.0 Å². The first kappa shape index (κ1) is 22.4. The molecule has 1 saturated heterocycles. The van der Waals surface area contributed by atoms with E-state index in [0.29, 0.717) is 6.42 Å². The molecular weight excluding hydrogens is 356 g/mol. The van der Waals surface area contributed by atoms with E-state index in [0.717, 1.165) is 11.1 Å². The van der Waals surface area contributed by atoms with Gasteiger partial charge in [0.15, 0.2) is 6.29 Å². The molecule has 9 atom stereocenters. The molecule has 1 aliphatic carbocycles. The van der Waals surface area contributed by atoms with E-state index in [1.54, 1.807) is 19.9 Å². The van der Waals surface area contributed by atoms with Crippen LogP contribution in [-0.2, 0) is 9.47 Å².